The fourth-order valence-electron chi connectivity index (χ4n) is 2.92. The van der Waals surface area contributed by atoms with E-state index >= 15 is 0 Å². The van der Waals surface area contributed by atoms with E-state index in [1.807, 2.05) is 38.1 Å². The van der Waals surface area contributed by atoms with E-state index in [-0.39, 0.29) is 5.91 Å². The van der Waals surface area contributed by atoms with E-state index in [4.69, 9.17) is 0 Å². The first kappa shape index (κ1) is 15.3. The standard InChI is InChI=1S/C21H21NO/c1-14-11-16(3)20(12-15(14)2)21(23)22-13-18-9-6-8-17-7-4-5-10-19(17)18/h4-12H,13H2,1-3H3,(H,22,23). The Hall–Kier alpha value is -2.61. The molecule has 0 atom stereocenters. The summed E-state index contributed by atoms with van der Waals surface area (Å²) in [4.78, 5) is 12.5. The van der Waals surface area contributed by atoms with Crippen LogP contribution in [0.25, 0.3) is 10.8 Å². The second-order valence-electron chi connectivity index (χ2n) is 6.07. The molecule has 23 heavy (non-hydrogen) atoms. The molecule has 0 aromatic heterocycles. The maximum absolute atomic E-state index is 12.5. The van der Waals surface area contributed by atoms with E-state index in [1.54, 1.807) is 0 Å². The summed E-state index contributed by atoms with van der Waals surface area (Å²) in [6, 6.07) is 18.5. The maximum atomic E-state index is 12.5. The molecule has 0 aliphatic carbocycles. The lowest BCUT2D eigenvalue weighted by Crippen LogP contribution is -2.24. The van der Waals surface area contributed by atoms with Gasteiger partial charge in [0, 0.05) is 12.1 Å². The monoisotopic (exact) mass is 303 g/mol. The average molecular weight is 303 g/mol. The van der Waals surface area contributed by atoms with Crippen LogP contribution in [0.5, 0.6) is 0 Å². The predicted molar refractivity (Wildman–Crippen MR) is 95.8 cm³/mol. The van der Waals surface area contributed by atoms with Crippen LogP contribution in [0, 0.1) is 20.8 Å². The molecule has 0 spiro atoms. The number of nitrogens with one attached hydrogen (secondary N) is 1. The van der Waals surface area contributed by atoms with Gasteiger partial charge in [0.2, 0.25) is 0 Å². The van der Waals surface area contributed by atoms with E-state index < -0.39 is 0 Å². The first-order chi connectivity index (χ1) is 11.1. The molecule has 0 heterocycles. The quantitative estimate of drug-likeness (QED) is 0.747. The molecule has 2 nitrogen and oxygen atoms in total. The molecule has 3 rings (SSSR count). The second-order valence-corrected chi connectivity index (χ2v) is 6.07. The van der Waals surface area contributed by atoms with Crippen molar-refractivity contribution < 1.29 is 4.79 Å². The largest absolute Gasteiger partial charge is 0.348 e. The molecular formula is C21H21NO. The van der Waals surface area contributed by atoms with Crippen LogP contribution in [0.2, 0.25) is 0 Å². The van der Waals surface area contributed by atoms with Crippen molar-refractivity contribution >= 4 is 16.7 Å². The summed E-state index contributed by atoms with van der Waals surface area (Å²) in [5.41, 5.74) is 5.27. The number of aryl methyl sites for hydroxylation is 3. The number of fused-ring (bicyclic) bond motifs is 1. The molecule has 1 amide bonds. The number of rotatable bonds is 3. The van der Waals surface area contributed by atoms with Gasteiger partial charge in [-0.15, -0.1) is 0 Å². The molecule has 3 aromatic rings. The number of amides is 1. The first-order valence-electron chi connectivity index (χ1n) is 7.89. The topological polar surface area (TPSA) is 29.1 Å². The third-order valence-corrected chi connectivity index (χ3v) is 4.40. The average Bonchev–Trinajstić information content (AvgIpc) is 2.56. The van der Waals surface area contributed by atoms with E-state index in [2.05, 4.69) is 42.6 Å². The molecular weight excluding hydrogens is 282 g/mol. The van der Waals surface area contributed by atoms with E-state index in [0.29, 0.717) is 6.54 Å². The zero-order valence-corrected chi connectivity index (χ0v) is 13.8. The van der Waals surface area contributed by atoms with Crippen LogP contribution < -0.4 is 5.32 Å². The van der Waals surface area contributed by atoms with Crippen molar-refractivity contribution in [1.82, 2.24) is 5.32 Å². The van der Waals surface area contributed by atoms with Crippen LogP contribution in [0.4, 0.5) is 0 Å². The van der Waals surface area contributed by atoms with Gasteiger partial charge in [-0.25, -0.2) is 0 Å². The van der Waals surface area contributed by atoms with Gasteiger partial charge in [0.25, 0.3) is 5.91 Å². The highest BCUT2D eigenvalue weighted by atomic mass is 16.1. The van der Waals surface area contributed by atoms with Gasteiger partial charge in [-0.05, 0) is 59.9 Å². The normalized spacial score (nSPS) is 10.7. The van der Waals surface area contributed by atoms with Crippen molar-refractivity contribution in [3.63, 3.8) is 0 Å². The van der Waals surface area contributed by atoms with Crippen LogP contribution in [0.15, 0.2) is 54.6 Å². The number of carbonyl (C=O) groups is 1. The Kier molecular flexibility index (Phi) is 4.16. The molecule has 0 radical (unpaired) electrons. The first-order valence-corrected chi connectivity index (χ1v) is 7.89. The Morgan fingerprint density at radius 2 is 1.57 bits per heavy atom. The van der Waals surface area contributed by atoms with Gasteiger partial charge in [0.1, 0.15) is 0 Å². The van der Waals surface area contributed by atoms with Crippen molar-refractivity contribution in [3.8, 4) is 0 Å². The van der Waals surface area contributed by atoms with Gasteiger partial charge in [0.15, 0.2) is 0 Å². The Morgan fingerprint density at radius 1 is 0.870 bits per heavy atom. The molecule has 3 aromatic carbocycles. The molecule has 0 saturated carbocycles. The second kappa shape index (κ2) is 6.25. The molecule has 1 N–H and O–H groups in total. The number of benzene rings is 3. The van der Waals surface area contributed by atoms with Gasteiger partial charge in [-0.3, -0.25) is 4.79 Å². The SMILES string of the molecule is Cc1cc(C)c(C(=O)NCc2cccc3ccccc23)cc1C. The molecule has 0 fully saturated rings. The Bertz CT molecular complexity index is 875. The Labute approximate surface area is 137 Å². The minimum atomic E-state index is -0.0152. The zero-order chi connectivity index (χ0) is 16.4. The summed E-state index contributed by atoms with van der Waals surface area (Å²) < 4.78 is 0. The third kappa shape index (κ3) is 3.11. The number of carbonyl (C=O) groups excluding carboxylic acids is 1. The zero-order valence-electron chi connectivity index (χ0n) is 13.8. The van der Waals surface area contributed by atoms with Crippen molar-refractivity contribution in [2.75, 3.05) is 0 Å². The van der Waals surface area contributed by atoms with Gasteiger partial charge < -0.3 is 5.32 Å². The summed E-state index contributed by atoms with van der Waals surface area (Å²) in [5, 5.41) is 5.44. The molecule has 0 aliphatic heterocycles. The lowest BCUT2D eigenvalue weighted by molar-refractivity contribution is 0.0950. The van der Waals surface area contributed by atoms with Crippen molar-refractivity contribution in [2.24, 2.45) is 0 Å². The van der Waals surface area contributed by atoms with Crippen molar-refractivity contribution in [3.05, 3.63) is 82.4 Å². The lowest BCUT2D eigenvalue weighted by atomic mass is 10.00. The van der Waals surface area contributed by atoms with Gasteiger partial charge in [-0.2, -0.15) is 0 Å². The smallest absolute Gasteiger partial charge is 0.251 e. The minimum Gasteiger partial charge on any atom is -0.348 e. The van der Waals surface area contributed by atoms with E-state index in [1.165, 1.54) is 16.3 Å². The van der Waals surface area contributed by atoms with E-state index in [9.17, 15) is 4.79 Å². The highest BCUT2D eigenvalue weighted by molar-refractivity contribution is 5.96. The molecule has 0 bridgehead atoms. The predicted octanol–water partition coefficient (Wildman–Crippen LogP) is 4.70. The summed E-state index contributed by atoms with van der Waals surface area (Å²) in [7, 11) is 0. The van der Waals surface area contributed by atoms with Crippen LogP contribution >= 0.6 is 0 Å². The Balaban J connectivity index is 1.83. The molecule has 2 heteroatoms. The van der Waals surface area contributed by atoms with Gasteiger partial charge >= 0.3 is 0 Å². The summed E-state index contributed by atoms with van der Waals surface area (Å²) in [5.74, 6) is -0.0152. The number of hydrogen-bond donors (Lipinski definition) is 1. The highest BCUT2D eigenvalue weighted by Crippen LogP contribution is 2.19. The minimum absolute atomic E-state index is 0.0152. The molecule has 0 aliphatic rings. The third-order valence-electron chi connectivity index (χ3n) is 4.40. The molecule has 0 unspecified atom stereocenters. The summed E-state index contributed by atoms with van der Waals surface area (Å²) in [6.45, 7) is 6.63. The molecule has 116 valence electrons. The van der Waals surface area contributed by atoms with Gasteiger partial charge in [-0.1, -0.05) is 48.5 Å². The lowest BCUT2D eigenvalue weighted by Gasteiger charge is -2.12. The van der Waals surface area contributed by atoms with Crippen LogP contribution in [-0.2, 0) is 6.54 Å². The van der Waals surface area contributed by atoms with Crippen molar-refractivity contribution in [2.45, 2.75) is 27.3 Å². The van der Waals surface area contributed by atoms with E-state index in [0.717, 1.165) is 22.3 Å². The summed E-state index contributed by atoms with van der Waals surface area (Å²) >= 11 is 0. The Morgan fingerprint density at radius 3 is 2.39 bits per heavy atom. The summed E-state index contributed by atoms with van der Waals surface area (Å²) in [6.07, 6.45) is 0. The van der Waals surface area contributed by atoms with Gasteiger partial charge in [0.05, 0.1) is 0 Å². The fourth-order valence-corrected chi connectivity index (χ4v) is 2.92. The fraction of sp³-hybridized carbons (Fsp3) is 0.190. The van der Waals surface area contributed by atoms with Crippen LogP contribution in [0.3, 0.4) is 0 Å². The van der Waals surface area contributed by atoms with Crippen molar-refractivity contribution in [1.29, 1.82) is 0 Å². The highest BCUT2D eigenvalue weighted by Gasteiger charge is 2.11. The maximum Gasteiger partial charge on any atom is 0.251 e. The molecule has 0 saturated heterocycles. The van der Waals surface area contributed by atoms with Crippen LogP contribution in [0.1, 0.15) is 32.6 Å². The number of hydrogen-bond acceptors (Lipinski definition) is 1. The van der Waals surface area contributed by atoms with Crippen LogP contribution in [-0.4, -0.2) is 5.91 Å².